The number of carbonyl (C=O) groups excluding carboxylic acids is 1. The summed E-state index contributed by atoms with van der Waals surface area (Å²) in [6.45, 7) is 1.31. The summed E-state index contributed by atoms with van der Waals surface area (Å²) < 4.78 is 5.97. The third-order valence-corrected chi connectivity index (χ3v) is 5.82. The summed E-state index contributed by atoms with van der Waals surface area (Å²) in [4.78, 5) is 16.7. The molecule has 166 valence electrons. The van der Waals surface area contributed by atoms with E-state index in [0.717, 1.165) is 55.1 Å². The Kier molecular flexibility index (Phi) is 8.57. The van der Waals surface area contributed by atoms with Crippen molar-refractivity contribution in [3.63, 3.8) is 0 Å². The van der Waals surface area contributed by atoms with Crippen molar-refractivity contribution in [1.29, 1.82) is 0 Å². The molecule has 6 nitrogen and oxygen atoms in total. The molecule has 1 fully saturated rings. The topological polar surface area (TPSA) is 74.8 Å². The zero-order valence-corrected chi connectivity index (χ0v) is 20.2. The number of amides is 1. The van der Waals surface area contributed by atoms with E-state index in [1.165, 1.54) is 5.56 Å². The molecular weight excluding hydrogens is 503 g/mol. The first-order chi connectivity index (χ1) is 14.7. The van der Waals surface area contributed by atoms with Crippen LogP contribution in [0.3, 0.4) is 0 Å². The Balaban J connectivity index is 0.00000272. The molecule has 1 heterocycles. The van der Waals surface area contributed by atoms with Gasteiger partial charge < -0.3 is 20.7 Å². The van der Waals surface area contributed by atoms with Gasteiger partial charge in [0.2, 0.25) is 5.91 Å². The first-order valence-electron chi connectivity index (χ1n) is 10.8. The van der Waals surface area contributed by atoms with E-state index in [0.29, 0.717) is 13.1 Å². The lowest BCUT2D eigenvalue weighted by molar-refractivity contribution is -0.119. The Hall–Kier alpha value is -2.29. The third kappa shape index (κ3) is 6.35. The molecule has 2 aromatic rings. The highest BCUT2D eigenvalue weighted by Crippen LogP contribution is 2.28. The fraction of sp³-hybridized carbons (Fsp3) is 0.417. The molecule has 2 aliphatic rings. The number of anilines is 1. The highest BCUT2D eigenvalue weighted by molar-refractivity contribution is 14.0. The standard InChI is InChI=1S/C24H30N4O2.HI/c1-25-24(27-16-21-14-19-10-4-5-12-22(19)30-21)26-15-17-7-6-11-20(13-17)28-23(29)18-8-2-3-9-18;/h4-7,10-13,18,21H,2-3,8-9,14-16H2,1H3,(H,28,29)(H2,25,26,27);1H. The highest BCUT2D eigenvalue weighted by atomic mass is 127. The molecular formula is C24H31IN4O2. The number of rotatable bonds is 6. The average Bonchev–Trinajstić information content (AvgIpc) is 3.44. The number of hydrogen-bond acceptors (Lipinski definition) is 3. The molecule has 4 rings (SSSR count). The van der Waals surface area contributed by atoms with Gasteiger partial charge in [-0.15, -0.1) is 24.0 Å². The fourth-order valence-electron chi connectivity index (χ4n) is 4.18. The van der Waals surface area contributed by atoms with E-state index in [1.807, 2.05) is 42.5 Å². The summed E-state index contributed by atoms with van der Waals surface area (Å²) in [5.41, 5.74) is 3.20. The Labute approximate surface area is 201 Å². The molecule has 1 unspecified atom stereocenters. The van der Waals surface area contributed by atoms with Gasteiger partial charge in [-0.1, -0.05) is 43.2 Å². The van der Waals surface area contributed by atoms with Gasteiger partial charge in [-0.05, 0) is 42.2 Å². The minimum Gasteiger partial charge on any atom is -0.488 e. The summed E-state index contributed by atoms with van der Waals surface area (Å²) in [6.07, 6.45) is 5.34. The fourth-order valence-corrected chi connectivity index (χ4v) is 4.18. The molecule has 0 bridgehead atoms. The van der Waals surface area contributed by atoms with Gasteiger partial charge in [0.15, 0.2) is 5.96 Å². The van der Waals surface area contributed by atoms with Crippen LogP contribution in [0.25, 0.3) is 0 Å². The van der Waals surface area contributed by atoms with Crippen LogP contribution in [0.1, 0.15) is 36.8 Å². The Morgan fingerprint density at radius 3 is 2.68 bits per heavy atom. The quantitative estimate of drug-likeness (QED) is 0.297. The third-order valence-electron chi connectivity index (χ3n) is 5.82. The van der Waals surface area contributed by atoms with E-state index >= 15 is 0 Å². The van der Waals surface area contributed by atoms with Gasteiger partial charge in [-0.3, -0.25) is 9.79 Å². The summed E-state index contributed by atoms with van der Waals surface area (Å²) >= 11 is 0. The van der Waals surface area contributed by atoms with Crippen LogP contribution in [0.2, 0.25) is 0 Å². The highest BCUT2D eigenvalue weighted by Gasteiger charge is 2.23. The van der Waals surface area contributed by atoms with Gasteiger partial charge in [-0.25, -0.2) is 0 Å². The average molecular weight is 534 g/mol. The molecule has 1 saturated carbocycles. The zero-order valence-electron chi connectivity index (χ0n) is 17.9. The number of fused-ring (bicyclic) bond motifs is 1. The lowest BCUT2D eigenvalue weighted by Gasteiger charge is -2.16. The van der Waals surface area contributed by atoms with E-state index < -0.39 is 0 Å². The molecule has 1 amide bonds. The largest absolute Gasteiger partial charge is 0.488 e. The van der Waals surface area contributed by atoms with Crippen LogP contribution in [0, 0.1) is 5.92 Å². The van der Waals surface area contributed by atoms with Crippen LogP contribution in [-0.4, -0.2) is 31.6 Å². The van der Waals surface area contributed by atoms with Crippen LogP contribution in [0.4, 0.5) is 5.69 Å². The van der Waals surface area contributed by atoms with Crippen molar-refractivity contribution >= 4 is 41.5 Å². The maximum Gasteiger partial charge on any atom is 0.227 e. The first kappa shape index (κ1) is 23.4. The van der Waals surface area contributed by atoms with E-state index in [-0.39, 0.29) is 41.9 Å². The lowest BCUT2D eigenvalue weighted by Crippen LogP contribution is -2.41. The molecule has 0 radical (unpaired) electrons. The molecule has 0 aromatic heterocycles. The van der Waals surface area contributed by atoms with Gasteiger partial charge in [0.05, 0.1) is 6.54 Å². The molecule has 1 aliphatic carbocycles. The Morgan fingerprint density at radius 2 is 1.90 bits per heavy atom. The summed E-state index contributed by atoms with van der Waals surface area (Å²) in [5, 5.41) is 9.75. The lowest BCUT2D eigenvalue weighted by atomic mass is 10.1. The van der Waals surface area contributed by atoms with E-state index in [2.05, 4.69) is 27.0 Å². The molecule has 0 saturated heterocycles. The molecule has 31 heavy (non-hydrogen) atoms. The van der Waals surface area contributed by atoms with Crippen LogP contribution >= 0.6 is 24.0 Å². The van der Waals surface area contributed by atoms with Gasteiger partial charge in [-0.2, -0.15) is 0 Å². The second-order valence-corrected chi connectivity index (χ2v) is 8.03. The number of halogens is 1. The number of ether oxygens (including phenoxy) is 1. The van der Waals surface area contributed by atoms with Gasteiger partial charge in [0.25, 0.3) is 0 Å². The predicted octanol–water partition coefficient (Wildman–Crippen LogP) is 4.10. The molecule has 7 heteroatoms. The number of nitrogens with one attached hydrogen (secondary N) is 3. The Bertz CT molecular complexity index is 887. The number of carbonyl (C=O) groups is 1. The van der Waals surface area contributed by atoms with Gasteiger partial charge in [0, 0.05) is 31.6 Å². The maximum absolute atomic E-state index is 12.4. The second-order valence-electron chi connectivity index (χ2n) is 8.03. The minimum absolute atomic E-state index is 0. The number of guanidine groups is 1. The van der Waals surface area contributed by atoms with Crippen molar-refractivity contribution < 1.29 is 9.53 Å². The van der Waals surface area contributed by atoms with Gasteiger partial charge in [0.1, 0.15) is 11.9 Å². The van der Waals surface area contributed by atoms with Crippen LogP contribution < -0.4 is 20.7 Å². The van der Waals surface area contributed by atoms with Crippen molar-refractivity contribution in [2.75, 3.05) is 18.9 Å². The number of nitrogens with zero attached hydrogens (tertiary/aromatic N) is 1. The van der Waals surface area contributed by atoms with E-state index in [1.54, 1.807) is 7.05 Å². The van der Waals surface area contributed by atoms with Crippen molar-refractivity contribution in [2.24, 2.45) is 10.9 Å². The first-order valence-corrected chi connectivity index (χ1v) is 10.8. The van der Waals surface area contributed by atoms with Crippen molar-refractivity contribution in [3.8, 4) is 5.75 Å². The molecule has 2 aromatic carbocycles. The number of hydrogen-bond donors (Lipinski definition) is 3. The van der Waals surface area contributed by atoms with Crippen molar-refractivity contribution in [3.05, 3.63) is 59.7 Å². The zero-order chi connectivity index (χ0) is 20.8. The van der Waals surface area contributed by atoms with Crippen LogP contribution in [0.15, 0.2) is 53.5 Å². The molecule has 0 spiro atoms. The normalized spacial score (nSPS) is 18.0. The Morgan fingerprint density at radius 1 is 1.10 bits per heavy atom. The van der Waals surface area contributed by atoms with Crippen molar-refractivity contribution in [1.82, 2.24) is 10.6 Å². The van der Waals surface area contributed by atoms with Crippen LogP contribution in [-0.2, 0) is 17.8 Å². The second kappa shape index (κ2) is 11.4. The summed E-state index contributed by atoms with van der Waals surface area (Å²) in [6, 6.07) is 16.1. The van der Waals surface area contributed by atoms with E-state index in [9.17, 15) is 4.79 Å². The summed E-state index contributed by atoms with van der Waals surface area (Å²) in [7, 11) is 1.76. The minimum atomic E-state index is 0. The van der Waals surface area contributed by atoms with Crippen molar-refractivity contribution in [2.45, 2.75) is 44.8 Å². The smallest absolute Gasteiger partial charge is 0.227 e. The molecule has 3 N–H and O–H groups in total. The molecule has 1 aliphatic heterocycles. The monoisotopic (exact) mass is 534 g/mol. The number of benzene rings is 2. The SMILES string of the molecule is CN=C(NCc1cccc(NC(=O)C2CCCC2)c1)NCC1Cc2ccccc2O1.I. The summed E-state index contributed by atoms with van der Waals surface area (Å²) in [5.74, 6) is 2.02. The predicted molar refractivity (Wildman–Crippen MR) is 135 cm³/mol. The van der Waals surface area contributed by atoms with E-state index in [4.69, 9.17) is 4.74 Å². The molecule has 1 atom stereocenters. The maximum atomic E-state index is 12.4. The van der Waals surface area contributed by atoms with Crippen LogP contribution in [0.5, 0.6) is 5.75 Å². The van der Waals surface area contributed by atoms with Gasteiger partial charge >= 0.3 is 0 Å². The number of aliphatic imine (C=N–C) groups is 1. The number of para-hydroxylation sites is 1.